The first-order valence-corrected chi connectivity index (χ1v) is 9.88. The van der Waals surface area contributed by atoms with Crippen LogP contribution in [0, 0.1) is 13.8 Å². The van der Waals surface area contributed by atoms with Gasteiger partial charge in [-0.25, -0.2) is 4.98 Å². The number of guanidine groups is 1. The highest BCUT2D eigenvalue weighted by molar-refractivity contribution is 5.79. The Morgan fingerprint density at radius 1 is 1.19 bits per heavy atom. The normalized spacial score (nSPS) is 11.5. The molecule has 2 N–H and O–H groups in total. The molecule has 0 aliphatic carbocycles. The zero-order valence-corrected chi connectivity index (χ0v) is 17.2. The summed E-state index contributed by atoms with van der Waals surface area (Å²) < 4.78 is 2.19. The number of aryl methyl sites for hydroxylation is 3. The molecule has 0 fully saturated rings. The molecule has 1 heterocycles. The van der Waals surface area contributed by atoms with Gasteiger partial charge in [0, 0.05) is 57.9 Å². The lowest BCUT2D eigenvalue weighted by Crippen LogP contribution is -2.42. The summed E-state index contributed by atoms with van der Waals surface area (Å²) in [5.74, 6) is 1.95. The highest BCUT2D eigenvalue weighted by Crippen LogP contribution is 2.14. The Kier molecular flexibility index (Phi) is 8.68. The molecule has 1 aromatic carbocycles. The number of imidazole rings is 1. The second kappa shape index (κ2) is 11.3. The van der Waals surface area contributed by atoms with E-state index in [1.165, 1.54) is 11.3 Å². The Labute approximate surface area is 163 Å². The fourth-order valence-corrected chi connectivity index (χ4v) is 3.08. The van der Waals surface area contributed by atoms with E-state index in [2.05, 4.69) is 68.2 Å². The molecular weight excluding hydrogens is 336 g/mol. The molecule has 2 aromatic rings. The quantitative estimate of drug-likeness (QED) is 0.383. The van der Waals surface area contributed by atoms with Crippen molar-refractivity contribution in [2.45, 2.75) is 40.2 Å². The van der Waals surface area contributed by atoms with Crippen LogP contribution in [0.1, 0.15) is 31.2 Å². The molecule has 6 heteroatoms. The van der Waals surface area contributed by atoms with Crippen LogP contribution in [-0.2, 0) is 6.54 Å². The fraction of sp³-hybridized carbons (Fsp3) is 0.524. The van der Waals surface area contributed by atoms with E-state index in [0.717, 1.165) is 57.3 Å². The van der Waals surface area contributed by atoms with Crippen molar-refractivity contribution in [3.8, 4) is 0 Å². The van der Waals surface area contributed by atoms with Gasteiger partial charge < -0.3 is 20.1 Å². The van der Waals surface area contributed by atoms with Crippen LogP contribution in [0.4, 0.5) is 5.69 Å². The largest absolute Gasteiger partial charge is 0.370 e. The van der Waals surface area contributed by atoms with Gasteiger partial charge in [0.2, 0.25) is 0 Å². The second-order valence-corrected chi connectivity index (χ2v) is 6.72. The number of aromatic nitrogens is 2. The lowest BCUT2D eigenvalue weighted by molar-refractivity contribution is 0.588. The molecule has 0 atom stereocenters. The van der Waals surface area contributed by atoms with Crippen molar-refractivity contribution in [2.75, 3.05) is 38.1 Å². The molecule has 0 saturated heterocycles. The van der Waals surface area contributed by atoms with Crippen molar-refractivity contribution < 1.29 is 0 Å². The number of benzene rings is 1. The molecule has 0 saturated carbocycles. The van der Waals surface area contributed by atoms with Crippen molar-refractivity contribution >= 4 is 11.6 Å². The number of hydrogen-bond donors (Lipinski definition) is 2. The number of unbranched alkanes of at least 4 members (excludes halogenated alkanes) is 1. The van der Waals surface area contributed by atoms with Gasteiger partial charge in [0.05, 0.1) is 0 Å². The maximum atomic E-state index is 4.32. The number of likely N-dealkylation sites (N-methyl/N-ethyl adjacent to an activating group) is 1. The smallest absolute Gasteiger partial charge is 0.191 e. The topological polar surface area (TPSA) is 57.5 Å². The molecule has 0 bridgehead atoms. The second-order valence-electron chi connectivity index (χ2n) is 6.72. The van der Waals surface area contributed by atoms with Gasteiger partial charge in [-0.05, 0) is 51.3 Å². The minimum Gasteiger partial charge on any atom is -0.370 e. The summed E-state index contributed by atoms with van der Waals surface area (Å²) in [6, 6.07) is 8.66. The molecule has 27 heavy (non-hydrogen) atoms. The average molecular weight is 371 g/mol. The van der Waals surface area contributed by atoms with E-state index in [0.29, 0.717) is 0 Å². The van der Waals surface area contributed by atoms with Crippen molar-refractivity contribution in [1.82, 2.24) is 20.2 Å². The van der Waals surface area contributed by atoms with Gasteiger partial charge in [-0.3, -0.25) is 4.99 Å². The third-order valence-corrected chi connectivity index (χ3v) is 4.69. The Bertz CT molecular complexity index is 706. The molecule has 2 rings (SSSR count). The number of anilines is 1. The van der Waals surface area contributed by atoms with Crippen LogP contribution >= 0.6 is 0 Å². The molecule has 0 aliphatic rings. The number of aliphatic imine (C=N–C) groups is 1. The van der Waals surface area contributed by atoms with Crippen molar-refractivity contribution in [1.29, 1.82) is 0 Å². The van der Waals surface area contributed by atoms with Gasteiger partial charge in [0.15, 0.2) is 5.96 Å². The summed E-state index contributed by atoms with van der Waals surface area (Å²) >= 11 is 0. The van der Waals surface area contributed by atoms with Crippen LogP contribution in [0.25, 0.3) is 0 Å². The molecule has 0 radical (unpaired) electrons. The van der Waals surface area contributed by atoms with Crippen LogP contribution in [0.5, 0.6) is 0 Å². The third-order valence-electron chi connectivity index (χ3n) is 4.69. The van der Waals surface area contributed by atoms with Gasteiger partial charge >= 0.3 is 0 Å². The Morgan fingerprint density at radius 3 is 2.67 bits per heavy atom. The van der Waals surface area contributed by atoms with Gasteiger partial charge in [-0.1, -0.05) is 12.1 Å². The Hall–Kier alpha value is -2.50. The van der Waals surface area contributed by atoms with E-state index >= 15 is 0 Å². The van der Waals surface area contributed by atoms with E-state index in [-0.39, 0.29) is 0 Å². The lowest BCUT2D eigenvalue weighted by atomic mass is 10.2. The highest BCUT2D eigenvalue weighted by Gasteiger charge is 2.05. The van der Waals surface area contributed by atoms with Crippen molar-refractivity contribution in [3.63, 3.8) is 0 Å². The Balaban J connectivity index is 1.65. The van der Waals surface area contributed by atoms with Gasteiger partial charge in [-0.15, -0.1) is 0 Å². The maximum Gasteiger partial charge on any atom is 0.191 e. The fourth-order valence-electron chi connectivity index (χ4n) is 3.08. The standard InChI is InChI=1S/C21H34N6/c1-5-26(20-10-8-9-18(2)17-20)15-13-25-21(22-4)24-11-6-7-14-27-16-12-23-19(27)3/h8-10,12,16-17H,5-7,11,13-15H2,1-4H3,(H2,22,24,25). The van der Waals surface area contributed by atoms with Crippen LogP contribution in [0.3, 0.4) is 0 Å². The first kappa shape index (κ1) is 20.8. The zero-order valence-electron chi connectivity index (χ0n) is 17.2. The highest BCUT2D eigenvalue weighted by atomic mass is 15.2. The number of hydrogen-bond acceptors (Lipinski definition) is 3. The molecule has 0 unspecified atom stereocenters. The summed E-state index contributed by atoms with van der Waals surface area (Å²) in [6.45, 7) is 11.1. The predicted molar refractivity (Wildman–Crippen MR) is 115 cm³/mol. The van der Waals surface area contributed by atoms with Crippen LogP contribution in [0.2, 0.25) is 0 Å². The monoisotopic (exact) mass is 370 g/mol. The van der Waals surface area contributed by atoms with Crippen LogP contribution < -0.4 is 15.5 Å². The van der Waals surface area contributed by atoms with E-state index < -0.39 is 0 Å². The Morgan fingerprint density at radius 2 is 2.00 bits per heavy atom. The summed E-state index contributed by atoms with van der Waals surface area (Å²) in [5.41, 5.74) is 2.57. The summed E-state index contributed by atoms with van der Waals surface area (Å²) in [5, 5.41) is 6.81. The third kappa shape index (κ3) is 6.96. The van der Waals surface area contributed by atoms with Gasteiger partial charge in [0.25, 0.3) is 0 Å². The number of nitrogens with one attached hydrogen (secondary N) is 2. The zero-order chi connectivity index (χ0) is 19.5. The van der Waals surface area contributed by atoms with Crippen LogP contribution in [-0.4, -0.2) is 48.7 Å². The molecule has 6 nitrogen and oxygen atoms in total. The first-order chi connectivity index (χ1) is 13.1. The maximum absolute atomic E-state index is 4.32. The number of rotatable bonds is 10. The van der Waals surface area contributed by atoms with Crippen molar-refractivity contribution in [3.05, 3.63) is 48.0 Å². The average Bonchev–Trinajstić information content (AvgIpc) is 3.08. The lowest BCUT2D eigenvalue weighted by Gasteiger charge is -2.24. The predicted octanol–water partition coefficient (Wildman–Crippen LogP) is 2.97. The first-order valence-electron chi connectivity index (χ1n) is 9.88. The van der Waals surface area contributed by atoms with E-state index in [1.807, 2.05) is 26.4 Å². The molecule has 1 aromatic heterocycles. The minimum absolute atomic E-state index is 0.857. The van der Waals surface area contributed by atoms with E-state index in [4.69, 9.17) is 0 Å². The minimum atomic E-state index is 0.857. The molecular formula is C21H34N6. The molecule has 0 aliphatic heterocycles. The van der Waals surface area contributed by atoms with Gasteiger partial charge in [0.1, 0.15) is 5.82 Å². The summed E-state index contributed by atoms with van der Waals surface area (Å²) in [4.78, 5) is 10.9. The van der Waals surface area contributed by atoms with E-state index in [1.54, 1.807) is 0 Å². The van der Waals surface area contributed by atoms with E-state index in [9.17, 15) is 0 Å². The summed E-state index contributed by atoms with van der Waals surface area (Å²) in [7, 11) is 1.82. The van der Waals surface area contributed by atoms with Crippen LogP contribution in [0.15, 0.2) is 41.7 Å². The molecule has 0 spiro atoms. The van der Waals surface area contributed by atoms with Crippen molar-refractivity contribution in [2.24, 2.45) is 4.99 Å². The SMILES string of the molecule is CCN(CCNC(=NC)NCCCCn1ccnc1C)c1cccc(C)c1. The molecule has 0 amide bonds. The van der Waals surface area contributed by atoms with Gasteiger partial charge in [-0.2, -0.15) is 0 Å². The summed E-state index contributed by atoms with van der Waals surface area (Å²) in [6.07, 6.45) is 6.12. The number of nitrogens with zero attached hydrogens (tertiary/aromatic N) is 4. The molecule has 148 valence electrons.